The summed E-state index contributed by atoms with van der Waals surface area (Å²) < 4.78 is 51.2. The van der Waals surface area contributed by atoms with Gasteiger partial charge in [-0.3, -0.25) is 4.79 Å². The summed E-state index contributed by atoms with van der Waals surface area (Å²) in [6.45, 7) is 0. The van der Waals surface area contributed by atoms with Crippen molar-refractivity contribution >= 4 is 11.9 Å². The highest BCUT2D eigenvalue weighted by atomic mass is 19.2. The van der Waals surface area contributed by atoms with Crippen molar-refractivity contribution in [2.24, 2.45) is 0 Å². The number of hydrogen-bond donors (Lipinski definition) is 0. The number of allylic oxidation sites excluding steroid dienone is 1. The predicted molar refractivity (Wildman–Crippen MR) is 39.6 cm³/mol. The van der Waals surface area contributed by atoms with Gasteiger partial charge in [-0.05, 0) is 12.2 Å². The Morgan fingerprint density at radius 1 is 0.786 bits per heavy atom. The molecule has 1 aromatic rings. The lowest BCUT2D eigenvalue weighted by Gasteiger charge is -2.03. The van der Waals surface area contributed by atoms with Gasteiger partial charge in [-0.25, -0.2) is 17.6 Å². The predicted octanol–water partition coefficient (Wildman–Crippen LogP) is 2.45. The average molecular weight is 202 g/mol. The van der Waals surface area contributed by atoms with E-state index in [2.05, 4.69) is 0 Å². The first kappa shape index (κ1) is 8.93. The Labute approximate surface area is 75.7 Å². The topological polar surface area (TPSA) is 17.1 Å². The molecule has 0 fully saturated rings. The molecule has 1 aliphatic rings. The van der Waals surface area contributed by atoms with Crippen LogP contribution in [0.15, 0.2) is 6.08 Å². The molecule has 5 heteroatoms. The Hall–Kier alpha value is -1.65. The average Bonchev–Trinajstić information content (AvgIpc) is 2.54. The zero-order chi connectivity index (χ0) is 10.5. The van der Waals surface area contributed by atoms with Crippen molar-refractivity contribution in [2.75, 3.05) is 0 Å². The van der Waals surface area contributed by atoms with Crippen LogP contribution in [-0.4, -0.2) is 5.78 Å². The Balaban J connectivity index is 2.89. The number of carbonyl (C=O) groups is 1. The Bertz CT molecular complexity index is 476. The fraction of sp³-hybridized carbons (Fsp3) is 0. The molecule has 14 heavy (non-hydrogen) atoms. The molecule has 0 saturated carbocycles. The summed E-state index contributed by atoms with van der Waals surface area (Å²) in [5, 5.41) is 0. The second kappa shape index (κ2) is 2.67. The number of carbonyl (C=O) groups excluding carboxylic acids is 1. The minimum absolute atomic E-state index is 0.536. The van der Waals surface area contributed by atoms with Crippen LogP contribution in [0.5, 0.6) is 0 Å². The third-order valence-corrected chi connectivity index (χ3v) is 1.95. The normalized spacial score (nSPS) is 13.6. The monoisotopic (exact) mass is 202 g/mol. The standard InChI is InChI=1S/C9H2F4O/c10-6-3-1-2-4(14)5(3)7(11)9(13)8(6)12/h1-2H. The summed E-state index contributed by atoms with van der Waals surface area (Å²) >= 11 is 0. The molecule has 0 atom stereocenters. The third-order valence-electron chi connectivity index (χ3n) is 1.95. The maximum atomic E-state index is 13.0. The highest BCUT2D eigenvalue weighted by molar-refractivity contribution is 6.13. The number of halogens is 4. The summed E-state index contributed by atoms with van der Waals surface area (Å²) in [6, 6.07) is 0. The van der Waals surface area contributed by atoms with Crippen LogP contribution in [0, 0.1) is 23.3 Å². The van der Waals surface area contributed by atoms with Crippen LogP contribution in [0.4, 0.5) is 17.6 Å². The smallest absolute Gasteiger partial charge is 0.198 e. The fourth-order valence-corrected chi connectivity index (χ4v) is 1.29. The van der Waals surface area contributed by atoms with E-state index >= 15 is 0 Å². The number of rotatable bonds is 0. The molecular weight excluding hydrogens is 200 g/mol. The van der Waals surface area contributed by atoms with E-state index in [9.17, 15) is 22.4 Å². The van der Waals surface area contributed by atoms with Crippen LogP contribution >= 0.6 is 0 Å². The molecule has 0 aliphatic heterocycles. The quantitative estimate of drug-likeness (QED) is 0.358. The molecule has 0 bridgehead atoms. The summed E-state index contributed by atoms with van der Waals surface area (Å²) in [7, 11) is 0. The molecule has 0 heterocycles. The molecule has 0 spiro atoms. The molecule has 0 radical (unpaired) electrons. The van der Waals surface area contributed by atoms with E-state index in [0.717, 1.165) is 12.2 Å². The van der Waals surface area contributed by atoms with Gasteiger partial charge in [0, 0.05) is 5.56 Å². The number of fused-ring (bicyclic) bond motifs is 1. The molecule has 0 amide bonds. The molecule has 0 N–H and O–H groups in total. The molecule has 1 aromatic carbocycles. The first-order valence-electron chi connectivity index (χ1n) is 3.62. The van der Waals surface area contributed by atoms with E-state index in [1.54, 1.807) is 0 Å². The molecule has 0 saturated heterocycles. The van der Waals surface area contributed by atoms with Gasteiger partial charge in [0.25, 0.3) is 0 Å². The maximum Gasteiger partial charge on any atom is 0.198 e. The van der Waals surface area contributed by atoms with Gasteiger partial charge in [-0.2, -0.15) is 0 Å². The fourth-order valence-electron chi connectivity index (χ4n) is 1.29. The van der Waals surface area contributed by atoms with Gasteiger partial charge in [-0.1, -0.05) is 0 Å². The zero-order valence-electron chi connectivity index (χ0n) is 6.57. The van der Waals surface area contributed by atoms with Crippen molar-refractivity contribution in [3.63, 3.8) is 0 Å². The third kappa shape index (κ3) is 0.921. The van der Waals surface area contributed by atoms with Crippen molar-refractivity contribution in [2.45, 2.75) is 0 Å². The van der Waals surface area contributed by atoms with Gasteiger partial charge in [-0.15, -0.1) is 0 Å². The first-order chi connectivity index (χ1) is 6.54. The zero-order valence-corrected chi connectivity index (χ0v) is 6.57. The highest BCUT2D eigenvalue weighted by Crippen LogP contribution is 2.29. The number of benzene rings is 1. The van der Waals surface area contributed by atoms with Gasteiger partial charge in [0.1, 0.15) is 0 Å². The second-order valence-electron chi connectivity index (χ2n) is 2.74. The van der Waals surface area contributed by atoms with Crippen LogP contribution in [0.1, 0.15) is 15.9 Å². The Morgan fingerprint density at radius 2 is 1.36 bits per heavy atom. The maximum absolute atomic E-state index is 13.0. The largest absolute Gasteiger partial charge is 0.289 e. The molecular formula is C9H2F4O. The lowest BCUT2D eigenvalue weighted by atomic mass is 10.1. The highest BCUT2D eigenvalue weighted by Gasteiger charge is 2.29. The van der Waals surface area contributed by atoms with Crippen molar-refractivity contribution in [3.05, 3.63) is 40.5 Å². The summed E-state index contributed by atoms with van der Waals surface area (Å²) in [6.07, 6.45) is 1.77. The van der Waals surface area contributed by atoms with Crippen molar-refractivity contribution < 1.29 is 22.4 Å². The van der Waals surface area contributed by atoms with E-state index in [-0.39, 0.29) is 0 Å². The van der Waals surface area contributed by atoms with Gasteiger partial charge in [0.05, 0.1) is 5.56 Å². The van der Waals surface area contributed by atoms with Gasteiger partial charge in [0.15, 0.2) is 29.1 Å². The van der Waals surface area contributed by atoms with E-state index in [1.165, 1.54) is 0 Å². The van der Waals surface area contributed by atoms with E-state index < -0.39 is 40.2 Å². The van der Waals surface area contributed by atoms with Gasteiger partial charge < -0.3 is 0 Å². The second-order valence-corrected chi connectivity index (χ2v) is 2.74. The molecule has 0 aromatic heterocycles. The van der Waals surface area contributed by atoms with Crippen LogP contribution in [0.3, 0.4) is 0 Å². The van der Waals surface area contributed by atoms with Gasteiger partial charge >= 0.3 is 0 Å². The van der Waals surface area contributed by atoms with Crippen molar-refractivity contribution in [3.8, 4) is 0 Å². The molecule has 0 unspecified atom stereocenters. The summed E-state index contributed by atoms with van der Waals surface area (Å²) in [5.41, 5.74) is -1.28. The van der Waals surface area contributed by atoms with Crippen LogP contribution < -0.4 is 0 Å². The SMILES string of the molecule is O=C1C=Cc2c(F)c(F)c(F)c(F)c21. The summed E-state index contributed by atoms with van der Waals surface area (Å²) in [4.78, 5) is 10.9. The molecule has 2 rings (SSSR count). The minimum Gasteiger partial charge on any atom is -0.289 e. The lowest BCUT2D eigenvalue weighted by molar-refractivity contribution is 0.104. The van der Waals surface area contributed by atoms with Crippen LogP contribution in [0.25, 0.3) is 6.08 Å². The van der Waals surface area contributed by atoms with E-state index in [1.807, 2.05) is 0 Å². The van der Waals surface area contributed by atoms with Crippen LogP contribution in [0.2, 0.25) is 0 Å². The Kier molecular flexibility index (Phi) is 1.70. The van der Waals surface area contributed by atoms with Crippen molar-refractivity contribution in [1.29, 1.82) is 0 Å². The summed E-state index contributed by atoms with van der Waals surface area (Å²) in [5.74, 6) is -7.91. The van der Waals surface area contributed by atoms with Crippen molar-refractivity contribution in [1.82, 2.24) is 0 Å². The lowest BCUT2D eigenvalue weighted by Crippen LogP contribution is -2.06. The van der Waals surface area contributed by atoms with E-state index in [0.29, 0.717) is 0 Å². The first-order valence-corrected chi connectivity index (χ1v) is 3.62. The molecule has 1 nitrogen and oxygen atoms in total. The van der Waals surface area contributed by atoms with E-state index in [4.69, 9.17) is 0 Å². The number of hydrogen-bond acceptors (Lipinski definition) is 1. The van der Waals surface area contributed by atoms with Crippen LogP contribution in [-0.2, 0) is 0 Å². The minimum atomic E-state index is -1.96. The number of ketones is 1. The molecule has 1 aliphatic carbocycles. The Morgan fingerprint density at radius 3 is 2.00 bits per heavy atom. The van der Waals surface area contributed by atoms with Gasteiger partial charge in [0.2, 0.25) is 0 Å². The molecule has 72 valence electrons.